The Hall–Kier alpha value is -2.39. The smallest absolute Gasteiger partial charge is 0.414 e. The maximum atomic E-state index is 15.0. The summed E-state index contributed by atoms with van der Waals surface area (Å²) in [5.74, 6) is -0.0749. The van der Waals surface area contributed by atoms with E-state index < -0.39 is 12.2 Å². The average Bonchev–Trinajstić information content (AvgIpc) is 3.30. The number of halogens is 1. The summed E-state index contributed by atoms with van der Waals surface area (Å²) in [5.41, 5.74) is 0.990. The Kier molecular flexibility index (Phi) is 6.10. The zero-order valence-electron chi connectivity index (χ0n) is 17.2. The first-order valence-corrected chi connectivity index (χ1v) is 10.6. The third-order valence-corrected chi connectivity index (χ3v) is 6.32. The first-order chi connectivity index (χ1) is 14.5. The van der Waals surface area contributed by atoms with Crippen LogP contribution in [0.5, 0.6) is 0 Å². The summed E-state index contributed by atoms with van der Waals surface area (Å²) in [6.07, 6.45) is 1.23. The van der Waals surface area contributed by atoms with Crippen LogP contribution < -0.4 is 15.1 Å². The molecule has 3 aliphatic rings. The van der Waals surface area contributed by atoms with Crippen LogP contribution in [0.15, 0.2) is 18.2 Å². The summed E-state index contributed by atoms with van der Waals surface area (Å²) >= 11 is 0. The number of hydrogen-bond donors (Lipinski definition) is 2. The highest BCUT2D eigenvalue weighted by Crippen LogP contribution is 2.35. The van der Waals surface area contributed by atoms with E-state index in [1.807, 2.05) is 0 Å². The normalized spacial score (nSPS) is 26.6. The van der Waals surface area contributed by atoms with Crippen LogP contribution in [0.25, 0.3) is 0 Å². The van der Waals surface area contributed by atoms with Crippen LogP contribution in [0.2, 0.25) is 0 Å². The maximum absolute atomic E-state index is 15.0. The number of carbonyl (C=O) groups excluding carboxylic acids is 2. The van der Waals surface area contributed by atoms with Crippen LogP contribution in [0.4, 0.5) is 20.6 Å². The molecule has 3 aliphatic heterocycles. The van der Waals surface area contributed by atoms with Gasteiger partial charge in [0.1, 0.15) is 11.9 Å². The molecule has 30 heavy (non-hydrogen) atoms. The fraction of sp³-hybridized carbons (Fsp3) is 0.619. The lowest BCUT2D eigenvalue weighted by Gasteiger charge is -2.36. The van der Waals surface area contributed by atoms with Crippen molar-refractivity contribution in [3.63, 3.8) is 0 Å². The maximum Gasteiger partial charge on any atom is 0.414 e. The number of anilines is 2. The molecule has 2 N–H and O–H groups in total. The number of nitrogens with zero attached hydrogens (tertiary/aromatic N) is 3. The number of carbonyl (C=O) groups is 2. The predicted molar refractivity (Wildman–Crippen MR) is 110 cm³/mol. The largest absolute Gasteiger partial charge is 0.442 e. The average molecular weight is 420 g/mol. The van der Waals surface area contributed by atoms with Crippen LogP contribution in [0.1, 0.15) is 19.8 Å². The molecule has 8 nitrogen and oxygen atoms in total. The first kappa shape index (κ1) is 20.9. The molecule has 3 atom stereocenters. The van der Waals surface area contributed by atoms with Crippen molar-refractivity contribution in [3.8, 4) is 0 Å². The molecule has 164 valence electrons. The molecule has 3 heterocycles. The van der Waals surface area contributed by atoms with Crippen LogP contribution in [-0.4, -0.2) is 80.0 Å². The molecule has 0 radical (unpaired) electrons. The molecular formula is C21H29FN4O4. The van der Waals surface area contributed by atoms with Crippen LogP contribution in [0.3, 0.4) is 0 Å². The third kappa shape index (κ3) is 4.22. The lowest BCUT2D eigenvalue weighted by Crippen LogP contribution is -2.46. The summed E-state index contributed by atoms with van der Waals surface area (Å²) < 4.78 is 20.3. The molecule has 0 unspecified atom stereocenters. The lowest BCUT2D eigenvalue weighted by atomic mass is 9.92. The zero-order chi connectivity index (χ0) is 21.3. The molecule has 3 fully saturated rings. The second-order valence-electron chi connectivity index (χ2n) is 8.32. The van der Waals surface area contributed by atoms with E-state index in [1.165, 1.54) is 17.9 Å². The highest BCUT2D eigenvalue weighted by atomic mass is 19.1. The summed E-state index contributed by atoms with van der Waals surface area (Å²) in [6.45, 7) is 5.22. The number of aliphatic hydroxyl groups is 1. The van der Waals surface area contributed by atoms with Gasteiger partial charge in [-0.1, -0.05) is 0 Å². The number of hydrogen-bond acceptors (Lipinski definition) is 6. The van der Waals surface area contributed by atoms with E-state index in [0.29, 0.717) is 29.9 Å². The van der Waals surface area contributed by atoms with Gasteiger partial charge in [0, 0.05) is 32.6 Å². The fourth-order valence-electron chi connectivity index (χ4n) is 4.89. The number of nitrogens with one attached hydrogen (secondary N) is 1. The molecule has 0 bridgehead atoms. The zero-order valence-corrected chi connectivity index (χ0v) is 17.2. The second-order valence-corrected chi connectivity index (χ2v) is 8.32. The van der Waals surface area contributed by atoms with E-state index in [4.69, 9.17) is 4.74 Å². The van der Waals surface area contributed by atoms with Crippen molar-refractivity contribution in [2.75, 3.05) is 55.7 Å². The van der Waals surface area contributed by atoms with Gasteiger partial charge in [-0.05, 0) is 43.5 Å². The monoisotopic (exact) mass is 420 g/mol. The number of amides is 2. The number of ether oxygens (including phenoxy) is 1. The van der Waals surface area contributed by atoms with Gasteiger partial charge in [-0.2, -0.15) is 0 Å². The summed E-state index contributed by atoms with van der Waals surface area (Å²) in [6, 6.07) is 5.19. The summed E-state index contributed by atoms with van der Waals surface area (Å²) in [4.78, 5) is 29.0. The Bertz CT molecular complexity index is 805. The predicted octanol–water partition coefficient (Wildman–Crippen LogP) is 1.18. The standard InChI is InChI=1S/C21H29FN4O4/c1-14(28)23-10-17-12-26(21(29)30-17)16-4-5-19(18(22)9-16)25-11-15-3-2-6-24(7-8-27)20(15)13-25/h4-5,9,15,17,20,27H,2-3,6-8,10-13H2,1H3,(H,23,28)/t15-,17-,20+/m0/s1. The van der Waals surface area contributed by atoms with Gasteiger partial charge in [0.2, 0.25) is 5.91 Å². The topological polar surface area (TPSA) is 85.4 Å². The minimum atomic E-state index is -0.538. The van der Waals surface area contributed by atoms with Crippen LogP contribution in [-0.2, 0) is 9.53 Å². The molecule has 0 saturated carbocycles. The molecule has 3 saturated heterocycles. The number of benzene rings is 1. The molecule has 0 aliphatic carbocycles. The van der Waals surface area contributed by atoms with Gasteiger partial charge in [-0.25, -0.2) is 9.18 Å². The van der Waals surface area contributed by atoms with Crippen molar-refractivity contribution in [3.05, 3.63) is 24.0 Å². The van der Waals surface area contributed by atoms with E-state index in [2.05, 4.69) is 15.1 Å². The van der Waals surface area contributed by atoms with E-state index in [-0.39, 0.29) is 31.4 Å². The van der Waals surface area contributed by atoms with Crippen LogP contribution in [0, 0.1) is 11.7 Å². The van der Waals surface area contributed by atoms with Gasteiger partial charge in [0.05, 0.1) is 31.1 Å². The number of cyclic esters (lactones) is 1. The van der Waals surface area contributed by atoms with Gasteiger partial charge < -0.3 is 20.1 Å². The van der Waals surface area contributed by atoms with Crippen molar-refractivity contribution < 1.29 is 23.8 Å². The van der Waals surface area contributed by atoms with E-state index in [9.17, 15) is 14.7 Å². The van der Waals surface area contributed by atoms with Crippen molar-refractivity contribution in [1.82, 2.24) is 10.2 Å². The number of piperidine rings is 1. The quantitative estimate of drug-likeness (QED) is 0.719. The van der Waals surface area contributed by atoms with E-state index in [0.717, 1.165) is 32.5 Å². The Morgan fingerprint density at radius 1 is 1.33 bits per heavy atom. The Morgan fingerprint density at radius 3 is 2.90 bits per heavy atom. The molecule has 0 spiro atoms. The second kappa shape index (κ2) is 8.77. The number of likely N-dealkylation sites (tertiary alicyclic amines) is 1. The number of rotatable bonds is 6. The molecule has 0 aromatic heterocycles. The number of fused-ring (bicyclic) bond motifs is 1. The number of β-amino-alcohol motifs (C(OH)–C–C–N with tert-alkyl or cyclic N) is 1. The van der Waals surface area contributed by atoms with E-state index in [1.54, 1.807) is 12.1 Å². The minimum Gasteiger partial charge on any atom is -0.442 e. The van der Waals surface area contributed by atoms with Crippen molar-refractivity contribution in [1.29, 1.82) is 0 Å². The lowest BCUT2D eigenvalue weighted by molar-refractivity contribution is -0.119. The fourth-order valence-corrected chi connectivity index (χ4v) is 4.89. The molecule has 2 amide bonds. The molecular weight excluding hydrogens is 391 g/mol. The summed E-state index contributed by atoms with van der Waals surface area (Å²) in [7, 11) is 0. The Balaban J connectivity index is 1.44. The SMILES string of the molecule is CC(=O)NC[C@H]1CN(c2ccc(N3C[C@@H]4CCCN(CCO)[C@@H]4C3)c(F)c2)C(=O)O1. The van der Waals surface area contributed by atoms with Gasteiger partial charge in [-0.15, -0.1) is 0 Å². The Labute approximate surface area is 175 Å². The molecule has 9 heteroatoms. The van der Waals surface area contributed by atoms with Crippen molar-refractivity contribution >= 4 is 23.4 Å². The van der Waals surface area contributed by atoms with Crippen molar-refractivity contribution in [2.24, 2.45) is 5.92 Å². The molecule has 1 aromatic carbocycles. The van der Waals surface area contributed by atoms with Crippen molar-refractivity contribution in [2.45, 2.75) is 31.9 Å². The number of aliphatic hydroxyl groups excluding tert-OH is 1. The van der Waals surface area contributed by atoms with Gasteiger partial charge in [-0.3, -0.25) is 14.6 Å². The Morgan fingerprint density at radius 2 is 2.17 bits per heavy atom. The highest BCUT2D eigenvalue weighted by Gasteiger charge is 2.39. The summed E-state index contributed by atoms with van der Waals surface area (Å²) in [5, 5.41) is 12.0. The third-order valence-electron chi connectivity index (χ3n) is 6.32. The van der Waals surface area contributed by atoms with Crippen LogP contribution >= 0.6 is 0 Å². The van der Waals surface area contributed by atoms with E-state index >= 15 is 4.39 Å². The highest BCUT2D eigenvalue weighted by molar-refractivity contribution is 5.90. The molecule has 1 aromatic rings. The van der Waals surface area contributed by atoms with Gasteiger partial charge in [0.25, 0.3) is 0 Å². The minimum absolute atomic E-state index is 0.140. The van der Waals surface area contributed by atoms with Gasteiger partial charge >= 0.3 is 6.09 Å². The first-order valence-electron chi connectivity index (χ1n) is 10.6. The van der Waals surface area contributed by atoms with Gasteiger partial charge in [0.15, 0.2) is 0 Å². The molecule has 4 rings (SSSR count).